The maximum Gasteiger partial charge on any atom is 0.323 e. The minimum absolute atomic E-state index is 0.268. The maximum absolute atomic E-state index is 11.7. The number of aromatic nitrogens is 1. The van der Waals surface area contributed by atoms with Crippen LogP contribution in [0.5, 0.6) is 5.75 Å². The highest BCUT2D eigenvalue weighted by atomic mass is 16.5. The number of carbonyl (C=O) groups is 2. The van der Waals surface area contributed by atoms with Crippen molar-refractivity contribution in [1.82, 2.24) is 4.57 Å². The molecule has 1 heterocycles. The Morgan fingerprint density at radius 2 is 1.95 bits per heavy atom. The quantitative estimate of drug-likeness (QED) is 0.658. The number of esters is 1. The van der Waals surface area contributed by atoms with E-state index in [1.165, 1.54) is 19.1 Å². The van der Waals surface area contributed by atoms with Crippen LogP contribution in [0.3, 0.4) is 0 Å². The number of hydrogen-bond acceptors (Lipinski definition) is 4. The summed E-state index contributed by atoms with van der Waals surface area (Å²) >= 11 is 0. The van der Waals surface area contributed by atoms with Gasteiger partial charge in [0.2, 0.25) is 0 Å². The van der Waals surface area contributed by atoms with Gasteiger partial charge in [-0.2, -0.15) is 0 Å². The first-order valence-corrected chi connectivity index (χ1v) is 5.51. The minimum atomic E-state index is -1.12. The molecular formula is C13H11NO5. The molecule has 2 rings (SSSR count). The van der Waals surface area contributed by atoms with E-state index >= 15 is 0 Å². The first-order valence-electron chi connectivity index (χ1n) is 5.51. The van der Waals surface area contributed by atoms with Gasteiger partial charge in [-0.3, -0.25) is 19.0 Å². The fourth-order valence-electron chi connectivity index (χ4n) is 1.80. The topological polar surface area (TPSA) is 85.6 Å². The Kier molecular flexibility index (Phi) is 3.33. The zero-order valence-corrected chi connectivity index (χ0v) is 10.1. The predicted molar refractivity (Wildman–Crippen MR) is 67.2 cm³/mol. The van der Waals surface area contributed by atoms with Gasteiger partial charge in [-0.15, -0.1) is 0 Å². The molecule has 0 aliphatic rings. The molecule has 0 bridgehead atoms. The Morgan fingerprint density at radius 1 is 1.26 bits per heavy atom. The van der Waals surface area contributed by atoms with Crippen molar-refractivity contribution in [3.05, 3.63) is 40.7 Å². The SMILES string of the molecule is CC(=O)Oc1ccc2ccc(=O)n(CC(=O)O)c2c1. The van der Waals surface area contributed by atoms with Gasteiger partial charge in [0.05, 0.1) is 5.52 Å². The van der Waals surface area contributed by atoms with Crippen LogP contribution in [0, 0.1) is 0 Å². The van der Waals surface area contributed by atoms with Crippen LogP contribution in [0.4, 0.5) is 0 Å². The lowest BCUT2D eigenvalue weighted by Gasteiger charge is -2.09. The van der Waals surface area contributed by atoms with Gasteiger partial charge < -0.3 is 9.84 Å². The molecule has 0 aliphatic heterocycles. The third-order valence-electron chi connectivity index (χ3n) is 2.52. The van der Waals surface area contributed by atoms with Gasteiger partial charge >= 0.3 is 11.9 Å². The number of nitrogens with zero attached hydrogens (tertiary/aromatic N) is 1. The molecule has 0 radical (unpaired) electrons. The molecule has 2 aromatic rings. The molecule has 0 amide bonds. The number of rotatable bonds is 3. The largest absolute Gasteiger partial charge is 0.480 e. The molecule has 0 atom stereocenters. The molecule has 0 fully saturated rings. The molecule has 0 spiro atoms. The Hall–Kier alpha value is -2.63. The van der Waals surface area contributed by atoms with Crippen LogP contribution >= 0.6 is 0 Å². The summed E-state index contributed by atoms with van der Waals surface area (Å²) in [5.74, 6) is -1.33. The predicted octanol–water partition coefficient (Wildman–Crippen LogP) is 1.01. The van der Waals surface area contributed by atoms with Crippen molar-refractivity contribution in [3.63, 3.8) is 0 Å². The summed E-state index contributed by atoms with van der Waals surface area (Å²) in [7, 11) is 0. The fourth-order valence-corrected chi connectivity index (χ4v) is 1.80. The molecule has 0 aliphatic carbocycles. The zero-order valence-electron chi connectivity index (χ0n) is 10.1. The highest BCUT2D eigenvalue weighted by molar-refractivity contribution is 5.82. The minimum Gasteiger partial charge on any atom is -0.480 e. The van der Waals surface area contributed by atoms with E-state index in [4.69, 9.17) is 9.84 Å². The third-order valence-corrected chi connectivity index (χ3v) is 2.52. The molecule has 1 aromatic carbocycles. The molecule has 0 unspecified atom stereocenters. The van der Waals surface area contributed by atoms with Crippen molar-refractivity contribution in [1.29, 1.82) is 0 Å². The number of benzene rings is 1. The van der Waals surface area contributed by atoms with Crippen molar-refractivity contribution in [3.8, 4) is 5.75 Å². The lowest BCUT2D eigenvalue weighted by Crippen LogP contribution is -2.23. The molecule has 0 saturated carbocycles. The summed E-state index contributed by atoms with van der Waals surface area (Å²) < 4.78 is 6.04. The van der Waals surface area contributed by atoms with Crippen LogP contribution in [-0.4, -0.2) is 21.6 Å². The molecule has 1 aromatic heterocycles. The Balaban J connectivity index is 2.63. The molecule has 19 heavy (non-hydrogen) atoms. The van der Waals surface area contributed by atoms with E-state index in [-0.39, 0.29) is 5.75 Å². The van der Waals surface area contributed by atoms with E-state index < -0.39 is 24.0 Å². The monoisotopic (exact) mass is 261 g/mol. The van der Waals surface area contributed by atoms with Gasteiger partial charge in [0, 0.05) is 19.1 Å². The van der Waals surface area contributed by atoms with E-state index in [9.17, 15) is 14.4 Å². The summed E-state index contributed by atoms with van der Waals surface area (Å²) in [6.45, 7) is 0.819. The summed E-state index contributed by atoms with van der Waals surface area (Å²) in [6.07, 6.45) is 0. The first kappa shape index (κ1) is 12.8. The number of carboxylic acid groups (broad SMARTS) is 1. The molecule has 0 saturated heterocycles. The average molecular weight is 261 g/mol. The van der Waals surface area contributed by atoms with E-state index in [1.54, 1.807) is 18.2 Å². The van der Waals surface area contributed by atoms with Gasteiger partial charge in [-0.05, 0) is 23.6 Å². The summed E-state index contributed by atoms with van der Waals surface area (Å²) in [5.41, 5.74) is -0.0106. The van der Waals surface area contributed by atoms with Crippen LogP contribution in [0.1, 0.15) is 6.92 Å². The number of carbonyl (C=O) groups excluding carboxylic acids is 1. The second kappa shape index (κ2) is 4.93. The second-order valence-corrected chi connectivity index (χ2v) is 3.97. The van der Waals surface area contributed by atoms with E-state index in [0.29, 0.717) is 10.9 Å². The van der Waals surface area contributed by atoms with Crippen LogP contribution < -0.4 is 10.3 Å². The maximum atomic E-state index is 11.7. The van der Waals surface area contributed by atoms with Crippen LogP contribution in [-0.2, 0) is 16.1 Å². The van der Waals surface area contributed by atoms with Gasteiger partial charge in [0.15, 0.2) is 0 Å². The molecule has 6 nitrogen and oxygen atoms in total. The molecule has 98 valence electrons. The normalized spacial score (nSPS) is 10.4. The Labute approximate surface area is 107 Å². The average Bonchev–Trinajstić information content (AvgIpc) is 2.32. The fraction of sp³-hybridized carbons (Fsp3) is 0.154. The van der Waals surface area contributed by atoms with Gasteiger partial charge in [-0.1, -0.05) is 0 Å². The van der Waals surface area contributed by atoms with Crippen LogP contribution in [0.25, 0.3) is 10.9 Å². The summed E-state index contributed by atoms with van der Waals surface area (Å²) in [4.78, 5) is 33.4. The van der Waals surface area contributed by atoms with Crippen molar-refractivity contribution >= 4 is 22.8 Å². The number of ether oxygens (including phenoxy) is 1. The van der Waals surface area contributed by atoms with Gasteiger partial charge in [0.1, 0.15) is 12.3 Å². The third kappa shape index (κ3) is 2.79. The van der Waals surface area contributed by atoms with Crippen molar-refractivity contribution in [2.24, 2.45) is 0 Å². The summed E-state index contributed by atoms with van der Waals surface area (Å²) in [5, 5.41) is 9.51. The molecule has 6 heteroatoms. The number of hydrogen-bond donors (Lipinski definition) is 1. The van der Waals surface area contributed by atoms with E-state index in [2.05, 4.69) is 0 Å². The molecular weight excluding hydrogens is 250 g/mol. The number of carboxylic acids is 1. The summed E-state index contributed by atoms with van der Waals surface area (Å²) in [6, 6.07) is 7.61. The second-order valence-electron chi connectivity index (χ2n) is 3.97. The number of aliphatic carboxylic acids is 1. The Morgan fingerprint density at radius 3 is 2.58 bits per heavy atom. The number of fused-ring (bicyclic) bond motifs is 1. The van der Waals surface area contributed by atoms with Gasteiger partial charge in [0.25, 0.3) is 5.56 Å². The van der Waals surface area contributed by atoms with E-state index in [0.717, 1.165) is 4.57 Å². The highest BCUT2D eigenvalue weighted by Gasteiger charge is 2.08. The van der Waals surface area contributed by atoms with Crippen LogP contribution in [0.15, 0.2) is 35.1 Å². The van der Waals surface area contributed by atoms with Crippen LogP contribution in [0.2, 0.25) is 0 Å². The van der Waals surface area contributed by atoms with Crippen molar-refractivity contribution in [2.75, 3.05) is 0 Å². The lowest BCUT2D eigenvalue weighted by atomic mass is 10.2. The smallest absolute Gasteiger partial charge is 0.323 e. The highest BCUT2D eigenvalue weighted by Crippen LogP contribution is 2.19. The van der Waals surface area contributed by atoms with Crippen molar-refractivity contribution in [2.45, 2.75) is 13.5 Å². The first-order chi connectivity index (χ1) is 8.97. The Bertz CT molecular complexity index is 717. The van der Waals surface area contributed by atoms with E-state index in [1.807, 2.05) is 0 Å². The number of pyridine rings is 1. The lowest BCUT2D eigenvalue weighted by molar-refractivity contribution is -0.137. The van der Waals surface area contributed by atoms with Gasteiger partial charge in [-0.25, -0.2) is 0 Å². The molecule has 1 N–H and O–H groups in total. The van der Waals surface area contributed by atoms with Crippen molar-refractivity contribution < 1.29 is 19.4 Å². The zero-order chi connectivity index (χ0) is 14.0. The standard InChI is InChI=1S/C13H11NO5/c1-8(15)19-10-4-2-9-3-5-12(16)14(7-13(17)18)11(9)6-10/h2-6H,7H2,1H3,(H,17,18).